The van der Waals surface area contributed by atoms with E-state index in [4.69, 9.17) is 29.4 Å². The lowest BCUT2D eigenvalue weighted by Gasteiger charge is -2.28. The average Bonchev–Trinajstić information content (AvgIpc) is 0.813. The molecule has 9 rings (SSSR count). The number of benzene rings is 7. The van der Waals surface area contributed by atoms with Gasteiger partial charge in [0.05, 0.1) is 35.3 Å². The fourth-order valence-electron chi connectivity index (χ4n) is 12.6. The zero-order chi connectivity index (χ0) is 70.0. The van der Waals surface area contributed by atoms with E-state index in [9.17, 15) is 30.0 Å². The van der Waals surface area contributed by atoms with Gasteiger partial charge in [0.2, 0.25) is 0 Å². The monoisotopic (exact) mass is 1290 g/mol. The summed E-state index contributed by atoms with van der Waals surface area (Å²) in [5, 5.41) is 46.3. The average molecular weight is 1300 g/mol. The van der Waals surface area contributed by atoms with Gasteiger partial charge in [0, 0.05) is 69.4 Å². The van der Waals surface area contributed by atoms with E-state index in [1.54, 1.807) is 61.0 Å². The van der Waals surface area contributed by atoms with Crippen LogP contribution in [0.1, 0.15) is 252 Å². The molecule has 2 saturated carbocycles. The molecule has 96 heavy (non-hydrogen) atoms. The van der Waals surface area contributed by atoms with E-state index in [-0.39, 0.29) is 68.8 Å². The van der Waals surface area contributed by atoms with E-state index in [0.717, 1.165) is 95.9 Å². The highest BCUT2D eigenvalue weighted by molar-refractivity contribution is 5.94. The third kappa shape index (κ3) is 17.3. The number of phenols is 4. The first-order valence-corrected chi connectivity index (χ1v) is 34.2. The Morgan fingerprint density at radius 1 is 0.333 bits per heavy atom. The molecule has 0 bridgehead atoms. The minimum absolute atomic E-state index is 0.0791. The Kier molecular flexibility index (Phi) is 21.1. The van der Waals surface area contributed by atoms with Crippen LogP contribution in [0.25, 0.3) is 22.3 Å². The zero-order valence-electron chi connectivity index (χ0n) is 60.0. The SMILES string of the molecule is CC(C)(C)c1cc(C=N[C@@H]2CCCC[C@H]2N=Cc2cc(OC(=O)c3ccc(-c4ccc(-c5ccc(C(=O)Oc6cc(C=N[C@@H]7CCCC[C@H]7N=Cc7cc(C(C)(C)C)cc(C(C)(C)C)c7O)c(O)c(C(C)(C)C)c6)cc5)cc4)cc3)cc(C(C)(C)C)c2O)c(O)c(C(C)(C)C)c1. The number of carbonyl (C=O) groups excluding carboxylic acids is 2. The van der Waals surface area contributed by atoms with Crippen LogP contribution in [-0.2, 0) is 32.5 Å². The minimum atomic E-state index is -0.539. The van der Waals surface area contributed by atoms with Crippen LogP contribution in [-0.4, -0.2) is 81.4 Å². The number of hydrogen-bond donors (Lipinski definition) is 4. The standard InChI is InChI=1S/C84H102N4O8/c1-79(2,3)61-39-57(73(89)65(43-61)81(7,8)9)47-85-69-23-19-21-25-71(69)87-49-59-41-63(45-67(75(59)91)83(13,14)15)95-77(93)55-35-31-53(32-36-55)51-27-29-52(30-28-51)54-33-37-56(38-34-54)78(94)96-64-42-60(76(92)68(46-64)84(16,17)18)50-88-72-26-22-20-24-70(72)86-48-58-40-62(80(4,5)6)44-66(74(58)90)82(10,11)12/h27-50,69-72,89-92H,19-26H2,1-18H3/t69-,70-,71-,72-/m1/s1. The first-order chi connectivity index (χ1) is 44.8. The fraction of sp³-hybridized carbons (Fsp3) is 0.429. The van der Waals surface area contributed by atoms with Crippen molar-refractivity contribution < 1.29 is 39.5 Å². The largest absolute Gasteiger partial charge is 0.507 e. The third-order valence-electron chi connectivity index (χ3n) is 18.7. The first-order valence-electron chi connectivity index (χ1n) is 34.2. The summed E-state index contributed by atoms with van der Waals surface area (Å²) in [6.07, 6.45) is 14.3. The summed E-state index contributed by atoms with van der Waals surface area (Å²) < 4.78 is 12.1. The van der Waals surface area contributed by atoms with Gasteiger partial charge in [-0.1, -0.05) is 211 Å². The van der Waals surface area contributed by atoms with E-state index in [2.05, 4.69) is 95.2 Å². The van der Waals surface area contributed by atoms with Gasteiger partial charge in [-0.25, -0.2) is 9.59 Å². The minimum Gasteiger partial charge on any atom is -0.507 e. The van der Waals surface area contributed by atoms with Crippen LogP contribution in [0.5, 0.6) is 34.5 Å². The van der Waals surface area contributed by atoms with Crippen LogP contribution in [0.4, 0.5) is 0 Å². The van der Waals surface area contributed by atoms with Crippen molar-refractivity contribution in [1.82, 2.24) is 0 Å². The molecule has 12 nitrogen and oxygen atoms in total. The van der Waals surface area contributed by atoms with Crippen molar-refractivity contribution in [2.45, 2.75) is 233 Å². The summed E-state index contributed by atoms with van der Waals surface area (Å²) >= 11 is 0. The van der Waals surface area contributed by atoms with Gasteiger partial charge in [-0.3, -0.25) is 20.0 Å². The number of ether oxygens (including phenoxy) is 2. The molecule has 2 fully saturated rings. The second-order valence-corrected chi connectivity index (χ2v) is 32.7. The van der Waals surface area contributed by atoms with Crippen molar-refractivity contribution in [1.29, 1.82) is 0 Å². The smallest absolute Gasteiger partial charge is 0.343 e. The molecule has 0 aliphatic heterocycles. The van der Waals surface area contributed by atoms with Crippen molar-refractivity contribution in [3.05, 3.63) is 188 Å². The number of phenolic OH excluding ortho intramolecular Hbond substituents is 4. The van der Waals surface area contributed by atoms with E-state index >= 15 is 0 Å². The number of rotatable bonds is 14. The van der Waals surface area contributed by atoms with Crippen LogP contribution < -0.4 is 9.47 Å². The number of carbonyl (C=O) groups is 2. The molecule has 2 aliphatic rings. The maximum Gasteiger partial charge on any atom is 0.343 e. The van der Waals surface area contributed by atoms with Crippen molar-refractivity contribution in [2.75, 3.05) is 0 Å². The molecule has 7 aromatic carbocycles. The molecule has 12 heteroatoms. The van der Waals surface area contributed by atoms with E-state index in [1.165, 1.54) is 0 Å². The molecule has 0 unspecified atom stereocenters. The number of aromatic hydroxyl groups is 4. The molecule has 0 amide bonds. The summed E-state index contributed by atoms with van der Waals surface area (Å²) in [6.45, 7) is 37.7. The summed E-state index contributed by atoms with van der Waals surface area (Å²) in [5.74, 6) is 0.164. The van der Waals surface area contributed by atoms with Crippen molar-refractivity contribution in [3.8, 4) is 56.8 Å². The lowest BCUT2D eigenvalue weighted by Crippen LogP contribution is -2.27. The maximum atomic E-state index is 13.9. The Bertz CT molecular complexity index is 3830. The highest BCUT2D eigenvalue weighted by atomic mass is 16.5. The maximum absolute atomic E-state index is 13.9. The molecule has 2 aliphatic carbocycles. The first kappa shape index (κ1) is 71.6. The van der Waals surface area contributed by atoms with Gasteiger partial charge in [0.25, 0.3) is 0 Å². The zero-order valence-corrected chi connectivity index (χ0v) is 60.0. The van der Waals surface area contributed by atoms with E-state index in [0.29, 0.717) is 56.0 Å². The Labute approximate surface area is 570 Å². The lowest BCUT2D eigenvalue weighted by molar-refractivity contribution is 0.0724. The van der Waals surface area contributed by atoms with Gasteiger partial charge in [-0.15, -0.1) is 0 Å². The molecule has 0 saturated heterocycles. The van der Waals surface area contributed by atoms with Gasteiger partial charge >= 0.3 is 11.9 Å². The van der Waals surface area contributed by atoms with Crippen LogP contribution >= 0.6 is 0 Å². The third-order valence-corrected chi connectivity index (χ3v) is 18.7. The summed E-state index contributed by atoms with van der Waals surface area (Å²) in [6, 6.07) is 37.1. The molecule has 7 aromatic rings. The van der Waals surface area contributed by atoms with Crippen molar-refractivity contribution >= 4 is 36.8 Å². The van der Waals surface area contributed by atoms with Crippen molar-refractivity contribution in [3.63, 3.8) is 0 Å². The molecule has 4 N–H and O–H groups in total. The number of aliphatic imine (C=N–C) groups is 4. The summed E-state index contributed by atoms with van der Waals surface area (Å²) in [7, 11) is 0. The second kappa shape index (κ2) is 28.2. The van der Waals surface area contributed by atoms with Crippen LogP contribution in [0.2, 0.25) is 0 Å². The molecular formula is C84H102N4O8. The Hall–Kier alpha value is -8.64. The Balaban J connectivity index is 0.852. The predicted molar refractivity (Wildman–Crippen MR) is 394 cm³/mol. The molecule has 506 valence electrons. The van der Waals surface area contributed by atoms with Crippen LogP contribution in [0, 0.1) is 0 Å². The predicted octanol–water partition coefficient (Wildman–Crippen LogP) is 19.8. The van der Waals surface area contributed by atoms with Crippen LogP contribution in [0.3, 0.4) is 0 Å². The summed E-state index contributed by atoms with van der Waals surface area (Å²) in [5.41, 5.74) is 10.2. The van der Waals surface area contributed by atoms with Gasteiger partial charge in [-0.2, -0.15) is 0 Å². The topological polar surface area (TPSA) is 183 Å². The lowest BCUT2D eigenvalue weighted by atomic mass is 9.79. The number of hydrogen-bond acceptors (Lipinski definition) is 12. The summed E-state index contributed by atoms with van der Waals surface area (Å²) in [4.78, 5) is 47.9. The molecule has 0 radical (unpaired) electrons. The van der Waals surface area contributed by atoms with E-state index in [1.807, 2.05) is 115 Å². The number of nitrogens with zero attached hydrogens (tertiary/aromatic N) is 4. The van der Waals surface area contributed by atoms with Crippen molar-refractivity contribution in [2.24, 2.45) is 20.0 Å². The normalized spacial score (nSPS) is 17.9. The Morgan fingerprint density at radius 3 is 0.802 bits per heavy atom. The number of esters is 2. The van der Waals surface area contributed by atoms with Gasteiger partial charge in [0.15, 0.2) is 0 Å². The van der Waals surface area contributed by atoms with Gasteiger partial charge in [0.1, 0.15) is 34.5 Å². The van der Waals surface area contributed by atoms with Gasteiger partial charge in [-0.05, 0) is 152 Å². The van der Waals surface area contributed by atoms with Crippen LogP contribution in [0.15, 0.2) is 141 Å². The highest BCUT2D eigenvalue weighted by Gasteiger charge is 2.31. The van der Waals surface area contributed by atoms with E-state index < -0.39 is 22.8 Å². The highest BCUT2D eigenvalue weighted by Crippen LogP contribution is 2.42. The molecule has 0 heterocycles. The second-order valence-electron chi connectivity index (χ2n) is 32.7. The quantitative estimate of drug-likeness (QED) is 0.0471. The molecule has 0 aromatic heterocycles. The Morgan fingerprint density at radius 2 is 0.562 bits per heavy atom. The molecular weight excluding hydrogens is 1190 g/mol. The van der Waals surface area contributed by atoms with Gasteiger partial charge < -0.3 is 29.9 Å². The fourth-order valence-corrected chi connectivity index (χ4v) is 12.6. The molecule has 4 atom stereocenters. The molecule has 0 spiro atoms.